The Morgan fingerprint density at radius 2 is 1.84 bits per heavy atom. The maximum Gasteiger partial charge on any atom is 0.0107 e. The van der Waals surface area contributed by atoms with Crippen molar-refractivity contribution in [3.8, 4) is 0 Å². The fourth-order valence-electron chi connectivity index (χ4n) is 3.92. The molecule has 0 spiro atoms. The second kappa shape index (κ2) is 9.74. The molecule has 1 saturated heterocycles. The van der Waals surface area contributed by atoms with Crippen LogP contribution in [0.25, 0.3) is 10.8 Å². The molecule has 0 saturated carbocycles. The minimum Gasteiger partial charge on any atom is -0.315 e. The van der Waals surface area contributed by atoms with Crippen LogP contribution >= 0.6 is 0 Å². The Morgan fingerprint density at radius 1 is 1.04 bits per heavy atom. The number of likely N-dealkylation sites (tertiary alicyclic amines) is 1. The van der Waals surface area contributed by atoms with Crippen molar-refractivity contribution in [1.29, 1.82) is 0 Å². The summed E-state index contributed by atoms with van der Waals surface area (Å²) in [7, 11) is 0. The van der Waals surface area contributed by atoms with Gasteiger partial charge in [0.25, 0.3) is 0 Å². The Balaban J connectivity index is 1.62. The van der Waals surface area contributed by atoms with Gasteiger partial charge in [-0.1, -0.05) is 61.0 Å². The molecule has 2 heteroatoms. The van der Waals surface area contributed by atoms with E-state index in [0.717, 1.165) is 19.5 Å². The van der Waals surface area contributed by atoms with Gasteiger partial charge in [-0.15, -0.1) is 0 Å². The summed E-state index contributed by atoms with van der Waals surface area (Å²) >= 11 is 0. The Kier molecular flexibility index (Phi) is 7.08. The first-order valence-electron chi connectivity index (χ1n) is 9.90. The fourth-order valence-corrected chi connectivity index (χ4v) is 3.92. The first-order chi connectivity index (χ1) is 12.4. The lowest BCUT2D eigenvalue weighted by molar-refractivity contribution is 0.228. The highest BCUT2D eigenvalue weighted by molar-refractivity contribution is 5.86. The molecule has 1 unspecified atom stereocenters. The maximum absolute atomic E-state index is 3.73. The third-order valence-corrected chi connectivity index (χ3v) is 5.36. The first kappa shape index (κ1) is 18.2. The van der Waals surface area contributed by atoms with Crippen molar-refractivity contribution in [2.45, 2.75) is 38.5 Å². The molecule has 1 heterocycles. The molecule has 2 nitrogen and oxygen atoms in total. The predicted molar refractivity (Wildman–Crippen MR) is 109 cm³/mol. The minimum absolute atomic E-state index is 0.531. The minimum atomic E-state index is 0.531. The number of piperidine rings is 1. The molecule has 3 rings (SSSR count). The Morgan fingerprint density at radius 3 is 2.68 bits per heavy atom. The quantitative estimate of drug-likeness (QED) is 0.541. The van der Waals surface area contributed by atoms with E-state index < -0.39 is 0 Å². The van der Waals surface area contributed by atoms with E-state index in [-0.39, 0.29) is 0 Å². The highest BCUT2D eigenvalue weighted by atomic mass is 15.1. The molecule has 25 heavy (non-hydrogen) atoms. The summed E-state index contributed by atoms with van der Waals surface area (Å²) < 4.78 is 0. The molecule has 1 aliphatic rings. The Labute approximate surface area is 152 Å². The van der Waals surface area contributed by atoms with Gasteiger partial charge in [0, 0.05) is 25.6 Å². The van der Waals surface area contributed by atoms with E-state index in [9.17, 15) is 0 Å². The van der Waals surface area contributed by atoms with Crippen LogP contribution in [0, 0.1) is 0 Å². The zero-order valence-electron chi connectivity index (χ0n) is 15.6. The van der Waals surface area contributed by atoms with Gasteiger partial charge in [0.05, 0.1) is 0 Å². The highest BCUT2D eigenvalue weighted by Gasteiger charge is 2.14. The number of hydrogen-bond donors (Lipinski definition) is 1. The topological polar surface area (TPSA) is 15.3 Å². The molecule has 1 aliphatic heterocycles. The number of nitrogens with one attached hydrogen (secondary N) is 1. The van der Waals surface area contributed by atoms with Gasteiger partial charge in [0.15, 0.2) is 0 Å². The largest absolute Gasteiger partial charge is 0.315 e. The van der Waals surface area contributed by atoms with Crippen molar-refractivity contribution < 1.29 is 0 Å². The summed E-state index contributed by atoms with van der Waals surface area (Å²) in [6.45, 7) is 8.01. The number of nitrogens with zero attached hydrogens (tertiary/aromatic N) is 1. The van der Waals surface area contributed by atoms with E-state index in [1.54, 1.807) is 0 Å². The lowest BCUT2D eigenvalue weighted by Crippen LogP contribution is -2.36. The molecule has 1 fully saturated rings. The van der Waals surface area contributed by atoms with Gasteiger partial charge < -0.3 is 10.2 Å². The average Bonchev–Trinajstić information content (AvgIpc) is 2.68. The van der Waals surface area contributed by atoms with Gasteiger partial charge in [-0.3, -0.25) is 0 Å². The van der Waals surface area contributed by atoms with Gasteiger partial charge >= 0.3 is 0 Å². The van der Waals surface area contributed by atoms with E-state index >= 15 is 0 Å². The van der Waals surface area contributed by atoms with Crippen LogP contribution in [-0.2, 0) is 0 Å². The number of rotatable bonds is 8. The summed E-state index contributed by atoms with van der Waals surface area (Å²) in [6.07, 6.45) is 9.74. The number of hydrogen-bond acceptors (Lipinski definition) is 2. The van der Waals surface area contributed by atoms with Crippen LogP contribution in [0.3, 0.4) is 0 Å². The van der Waals surface area contributed by atoms with Gasteiger partial charge in [-0.25, -0.2) is 0 Å². The third kappa shape index (κ3) is 5.17. The lowest BCUT2D eigenvalue weighted by Gasteiger charge is -2.27. The average molecular weight is 337 g/mol. The first-order valence-corrected chi connectivity index (χ1v) is 9.90. The van der Waals surface area contributed by atoms with Crippen molar-refractivity contribution >= 4 is 10.8 Å². The van der Waals surface area contributed by atoms with Gasteiger partial charge in [0.1, 0.15) is 0 Å². The van der Waals surface area contributed by atoms with Crippen LogP contribution in [0.5, 0.6) is 0 Å². The molecule has 0 bridgehead atoms. The normalized spacial score (nSPS) is 17.3. The van der Waals surface area contributed by atoms with Gasteiger partial charge in [-0.05, 0) is 55.6 Å². The van der Waals surface area contributed by atoms with Crippen molar-refractivity contribution in [3.63, 3.8) is 0 Å². The van der Waals surface area contributed by atoms with Crippen LogP contribution in [0.4, 0.5) is 0 Å². The van der Waals surface area contributed by atoms with E-state index in [2.05, 4.69) is 71.8 Å². The van der Waals surface area contributed by atoms with Gasteiger partial charge in [0.2, 0.25) is 0 Å². The van der Waals surface area contributed by atoms with Crippen LogP contribution in [0.15, 0.2) is 54.6 Å². The molecule has 1 atom stereocenters. The molecular formula is C23H32N2. The van der Waals surface area contributed by atoms with Crippen LogP contribution in [0.2, 0.25) is 0 Å². The third-order valence-electron chi connectivity index (χ3n) is 5.36. The van der Waals surface area contributed by atoms with E-state index in [0.29, 0.717) is 5.92 Å². The van der Waals surface area contributed by atoms with Crippen LogP contribution in [0.1, 0.15) is 44.1 Å². The van der Waals surface area contributed by atoms with Crippen molar-refractivity contribution in [2.24, 2.45) is 0 Å². The highest BCUT2D eigenvalue weighted by Crippen LogP contribution is 2.28. The zero-order chi connectivity index (χ0) is 17.3. The van der Waals surface area contributed by atoms with E-state index in [1.165, 1.54) is 55.2 Å². The second-order valence-electron chi connectivity index (χ2n) is 7.18. The van der Waals surface area contributed by atoms with Crippen molar-refractivity contribution in [1.82, 2.24) is 10.2 Å². The lowest BCUT2D eigenvalue weighted by atomic mass is 9.90. The summed E-state index contributed by atoms with van der Waals surface area (Å²) in [5.41, 5.74) is 1.47. The molecule has 0 aliphatic carbocycles. The maximum atomic E-state index is 3.73. The summed E-state index contributed by atoms with van der Waals surface area (Å²) in [6, 6.07) is 15.5. The van der Waals surface area contributed by atoms with Crippen LogP contribution < -0.4 is 5.32 Å². The fraction of sp³-hybridized carbons (Fsp3) is 0.478. The molecule has 2 aromatic carbocycles. The molecule has 0 aromatic heterocycles. The van der Waals surface area contributed by atoms with E-state index in [4.69, 9.17) is 0 Å². The summed E-state index contributed by atoms with van der Waals surface area (Å²) in [5, 5.41) is 6.48. The van der Waals surface area contributed by atoms with Gasteiger partial charge in [-0.2, -0.15) is 0 Å². The second-order valence-corrected chi connectivity index (χ2v) is 7.18. The molecule has 0 radical (unpaired) electrons. The van der Waals surface area contributed by atoms with Crippen LogP contribution in [-0.4, -0.2) is 37.6 Å². The molecular weight excluding hydrogens is 304 g/mol. The van der Waals surface area contributed by atoms with Crippen molar-refractivity contribution in [2.75, 3.05) is 32.7 Å². The zero-order valence-corrected chi connectivity index (χ0v) is 15.6. The number of allylic oxidation sites excluding steroid dienone is 2. The van der Waals surface area contributed by atoms with E-state index in [1.807, 2.05) is 0 Å². The molecule has 134 valence electrons. The summed E-state index contributed by atoms with van der Waals surface area (Å²) in [5.74, 6) is 0.531. The molecule has 1 N–H and O–H groups in total. The SMILES string of the molecule is CC=CCC(CNCCN1CCCCC1)c1cccc2ccccc12. The molecule has 2 aromatic rings. The Bertz CT molecular complexity index is 665. The number of benzene rings is 2. The Hall–Kier alpha value is -1.64. The monoisotopic (exact) mass is 336 g/mol. The summed E-state index contributed by atoms with van der Waals surface area (Å²) in [4.78, 5) is 2.61. The standard InChI is InChI=1S/C23H32N2/c1-2-3-10-21(19-24-15-18-25-16-7-4-8-17-25)23-14-9-12-20-11-5-6-13-22(20)23/h2-3,5-6,9,11-14,21,24H,4,7-8,10,15-19H2,1H3. The molecule has 0 amide bonds. The predicted octanol–water partition coefficient (Wildman–Crippen LogP) is 4.97. The number of fused-ring (bicyclic) bond motifs is 1. The van der Waals surface area contributed by atoms with Crippen molar-refractivity contribution in [3.05, 3.63) is 60.2 Å². The smallest absolute Gasteiger partial charge is 0.0107 e.